The minimum atomic E-state index is -1.36. The second kappa shape index (κ2) is 5.64. The molecule has 0 aliphatic heterocycles. The first-order chi connectivity index (χ1) is 6.78. The number of carboxylic acid groups (broad SMARTS) is 2. The number of hydroxylamine groups is 2. The van der Waals surface area contributed by atoms with Gasteiger partial charge < -0.3 is 20.6 Å². The summed E-state index contributed by atoms with van der Waals surface area (Å²) in [6.45, 7) is 1.33. The van der Waals surface area contributed by atoms with Crippen LogP contribution in [0.2, 0.25) is 0 Å². The zero-order chi connectivity index (χ0) is 12.1. The van der Waals surface area contributed by atoms with Crippen molar-refractivity contribution in [1.29, 1.82) is 0 Å². The first-order valence-electron chi connectivity index (χ1n) is 4.38. The van der Waals surface area contributed by atoms with E-state index in [0.717, 1.165) is 0 Å². The van der Waals surface area contributed by atoms with Crippen LogP contribution in [0.15, 0.2) is 0 Å². The summed E-state index contributed by atoms with van der Waals surface area (Å²) in [5, 5.41) is 36.0. The Labute approximate surface area is 86.5 Å². The van der Waals surface area contributed by atoms with Crippen LogP contribution in [0.25, 0.3) is 0 Å². The minimum absolute atomic E-state index is 0.102. The lowest BCUT2D eigenvalue weighted by Gasteiger charge is -2.41. The molecule has 0 unspecified atom stereocenters. The van der Waals surface area contributed by atoms with Crippen molar-refractivity contribution in [3.63, 3.8) is 0 Å². The van der Waals surface area contributed by atoms with Crippen LogP contribution < -0.4 is 0 Å². The molecular weight excluding hydrogens is 206 g/mol. The third-order valence-electron chi connectivity index (χ3n) is 2.22. The molecule has 0 rings (SSSR count). The molecule has 7 heteroatoms. The Morgan fingerprint density at radius 3 is 1.73 bits per heavy atom. The van der Waals surface area contributed by atoms with E-state index in [4.69, 9.17) is 15.4 Å². The van der Waals surface area contributed by atoms with Crippen LogP contribution in [-0.2, 0) is 9.59 Å². The number of hydrogen-bond acceptors (Lipinski definition) is 5. The Morgan fingerprint density at radius 1 is 1.20 bits per heavy atom. The van der Waals surface area contributed by atoms with Crippen LogP contribution in [0.1, 0.15) is 32.6 Å². The summed E-state index contributed by atoms with van der Waals surface area (Å²) in [5.74, 6) is -2.20. The van der Waals surface area contributed by atoms with Gasteiger partial charge >= 0.3 is 11.9 Å². The van der Waals surface area contributed by atoms with Crippen LogP contribution in [0.4, 0.5) is 0 Å². The Bertz CT molecular complexity index is 221. The third-order valence-corrected chi connectivity index (χ3v) is 2.22. The molecule has 7 nitrogen and oxygen atoms in total. The molecule has 0 amide bonds. The van der Waals surface area contributed by atoms with Crippen molar-refractivity contribution in [3.05, 3.63) is 5.21 Å². The molecule has 0 aromatic heterocycles. The molecule has 0 aliphatic carbocycles. The van der Waals surface area contributed by atoms with Gasteiger partial charge in [-0.1, -0.05) is 0 Å². The Hall–Kier alpha value is -1.18. The molecule has 0 spiro atoms. The van der Waals surface area contributed by atoms with Crippen molar-refractivity contribution < 1.29 is 25.0 Å². The van der Waals surface area contributed by atoms with Gasteiger partial charge in [0.1, 0.15) is 0 Å². The number of hydrogen-bond donors (Lipinski definition) is 3. The molecule has 0 saturated carbocycles. The second-order valence-corrected chi connectivity index (χ2v) is 3.56. The highest BCUT2D eigenvalue weighted by molar-refractivity contribution is 5.67. The van der Waals surface area contributed by atoms with Gasteiger partial charge in [0.2, 0.25) is 0 Å². The van der Waals surface area contributed by atoms with Gasteiger partial charge in [0.05, 0.1) is 0 Å². The van der Waals surface area contributed by atoms with Crippen molar-refractivity contribution in [2.75, 3.05) is 0 Å². The molecule has 0 radical (unpaired) electrons. The van der Waals surface area contributed by atoms with E-state index in [-0.39, 0.29) is 30.9 Å². The first-order valence-corrected chi connectivity index (χ1v) is 4.38. The molecule has 88 valence electrons. The fourth-order valence-corrected chi connectivity index (χ4v) is 1.07. The van der Waals surface area contributed by atoms with Crippen LogP contribution in [0.5, 0.6) is 0 Å². The Morgan fingerprint density at radius 2 is 1.53 bits per heavy atom. The molecule has 15 heavy (non-hydrogen) atoms. The molecule has 0 atom stereocenters. The number of aliphatic carboxylic acids is 2. The summed E-state index contributed by atoms with van der Waals surface area (Å²) in [4.78, 5) is 20.6. The van der Waals surface area contributed by atoms with Crippen LogP contribution in [0.3, 0.4) is 0 Å². The molecule has 0 saturated heterocycles. The molecule has 3 N–H and O–H groups in total. The zero-order valence-corrected chi connectivity index (χ0v) is 8.34. The Balaban J connectivity index is 4.31. The van der Waals surface area contributed by atoms with E-state index < -0.39 is 17.5 Å². The SMILES string of the molecule is CC(CCC(=O)O)(CCC(=O)O)N([O-])O. The lowest BCUT2D eigenvalue weighted by atomic mass is 9.91. The molecular formula is C8H14NO6-. The third kappa shape index (κ3) is 5.31. The van der Waals surface area contributed by atoms with Crippen molar-refractivity contribution >= 4 is 11.9 Å². The quantitative estimate of drug-likeness (QED) is 0.539. The van der Waals surface area contributed by atoms with Crippen molar-refractivity contribution in [2.24, 2.45) is 0 Å². The molecule has 0 fully saturated rings. The van der Waals surface area contributed by atoms with Gasteiger partial charge in [-0.05, 0) is 19.8 Å². The van der Waals surface area contributed by atoms with Crippen LogP contribution in [0, 0.1) is 5.21 Å². The highest BCUT2D eigenvalue weighted by Crippen LogP contribution is 2.24. The lowest BCUT2D eigenvalue weighted by molar-refractivity contribution is -0.149. The highest BCUT2D eigenvalue weighted by atomic mass is 16.8. The Kier molecular flexibility index (Phi) is 5.20. The van der Waals surface area contributed by atoms with Crippen LogP contribution >= 0.6 is 0 Å². The van der Waals surface area contributed by atoms with E-state index in [1.807, 2.05) is 0 Å². The summed E-state index contributed by atoms with van der Waals surface area (Å²) in [6, 6.07) is 0. The van der Waals surface area contributed by atoms with Crippen LogP contribution in [-0.4, -0.2) is 38.1 Å². The molecule has 0 aromatic rings. The summed E-state index contributed by atoms with van der Waals surface area (Å²) in [5.41, 5.74) is -1.36. The highest BCUT2D eigenvalue weighted by Gasteiger charge is 2.27. The molecule has 0 bridgehead atoms. The average Bonchev–Trinajstić information content (AvgIpc) is 2.11. The van der Waals surface area contributed by atoms with Crippen molar-refractivity contribution in [1.82, 2.24) is 5.23 Å². The van der Waals surface area contributed by atoms with Gasteiger partial charge in [0, 0.05) is 18.4 Å². The number of nitrogens with zero attached hydrogens (tertiary/aromatic N) is 1. The predicted molar refractivity (Wildman–Crippen MR) is 49.1 cm³/mol. The molecule has 0 aliphatic rings. The summed E-state index contributed by atoms with van der Waals surface area (Å²) in [6.07, 6.45) is -0.796. The smallest absolute Gasteiger partial charge is 0.303 e. The fourth-order valence-electron chi connectivity index (χ4n) is 1.07. The minimum Gasteiger partial charge on any atom is -0.762 e. The second-order valence-electron chi connectivity index (χ2n) is 3.56. The normalized spacial score (nSPS) is 11.7. The summed E-state index contributed by atoms with van der Waals surface area (Å²) in [7, 11) is 0. The van der Waals surface area contributed by atoms with Gasteiger partial charge in [0.25, 0.3) is 0 Å². The standard InChI is InChI=1S/C8H14NO6/c1-8(9(14)15,4-2-6(10)11)5-3-7(12)13/h14H,2-5H2,1H3,(H,10,11)(H,12,13)/q-1. The first kappa shape index (κ1) is 13.8. The van der Waals surface area contributed by atoms with E-state index in [9.17, 15) is 14.8 Å². The van der Waals surface area contributed by atoms with Gasteiger partial charge in [-0.25, -0.2) is 0 Å². The fraction of sp³-hybridized carbons (Fsp3) is 0.750. The topological polar surface area (TPSA) is 121 Å². The number of rotatable bonds is 7. The summed E-state index contributed by atoms with van der Waals surface area (Å²) < 4.78 is 0. The predicted octanol–water partition coefficient (Wildman–Crippen LogP) is 0.664. The summed E-state index contributed by atoms with van der Waals surface area (Å²) >= 11 is 0. The van der Waals surface area contributed by atoms with E-state index in [1.54, 1.807) is 0 Å². The largest absolute Gasteiger partial charge is 0.762 e. The van der Waals surface area contributed by atoms with Crippen molar-refractivity contribution in [3.8, 4) is 0 Å². The average molecular weight is 220 g/mol. The van der Waals surface area contributed by atoms with Gasteiger partial charge in [-0.15, -0.1) is 0 Å². The monoisotopic (exact) mass is 220 g/mol. The molecule has 0 heterocycles. The van der Waals surface area contributed by atoms with Crippen molar-refractivity contribution in [2.45, 2.75) is 38.1 Å². The van der Waals surface area contributed by atoms with E-state index in [2.05, 4.69) is 0 Å². The number of carbonyl (C=O) groups is 2. The number of carboxylic acids is 2. The molecule has 0 aromatic carbocycles. The zero-order valence-electron chi connectivity index (χ0n) is 8.34. The van der Waals surface area contributed by atoms with Gasteiger partial charge in [0.15, 0.2) is 0 Å². The van der Waals surface area contributed by atoms with E-state index >= 15 is 0 Å². The maximum absolute atomic E-state index is 10.8. The van der Waals surface area contributed by atoms with Gasteiger partial charge in [-0.2, -0.15) is 0 Å². The van der Waals surface area contributed by atoms with E-state index in [0.29, 0.717) is 0 Å². The van der Waals surface area contributed by atoms with Gasteiger partial charge in [-0.3, -0.25) is 14.8 Å². The van der Waals surface area contributed by atoms with E-state index in [1.165, 1.54) is 6.92 Å². The maximum atomic E-state index is 10.8. The maximum Gasteiger partial charge on any atom is 0.303 e. The lowest BCUT2D eigenvalue weighted by Crippen LogP contribution is -2.41.